The number of carbonyl (C=O) groups is 3. The van der Waals surface area contributed by atoms with E-state index < -0.39 is 5.97 Å². The van der Waals surface area contributed by atoms with Crippen LogP contribution in [0.15, 0.2) is 47.1 Å². The number of aryl methyl sites for hydroxylation is 1. The summed E-state index contributed by atoms with van der Waals surface area (Å²) in [5, 5.41) is 5.94. The Morgan fingerprint density at radius 1 is 1.10 bits per heavy atom. The van der Waals surface area contributed by atoms with Crippen molar-refractivity contribution in [2.24, 2.45) is 11.8 Å². The van der Waals surface area contributed by atoms with Gasteiger partial charge < -0.3 is 19.8 Å². The molecule has 216 valence electrons. The molecule has 2 N–H and O–H groups in total. The lowest BCUT2D eigenvalue weighted by molar-refractivity contribution is 0.0525. The van der Waals surface area contributed by atoms with Gasteiger partial charge in [0.15, 0.2) is 0 Å². The summed E-state index contributed by atoms with van der Waals surface area (Å²) in [5.41, 5.74) is 3.82. The number of hydrogen-bond donors (Lipinski definition) is 2. The Balaban J connectivity index is 1.55. The van der Waals surface area contributed by atoms with E-state index in [1.165, 1.54) is 32.1 Å². The molecule has 3 aromatic rings. The zero-order valence-corrected chi connectivity index (χ0v) is 24.1. The average Bonchev–Trinajstić information content (AvgIpc) is 3.62. The summed E-state index contributed by atoms with van der Waals surface area (Å²) in [6.07, 6.45) is 9.32. The highest BCUT2D eigenvalue weighted by Gasteiger charge is 2.38. The Bertz CT molecular complexity index is 1390. The fourth-order valence-corrected chi connectivity index (χ4v) is 6.05. The average molecular weight is 558 g/mol. The van der Waals surface area contributed by atoms with E-state index in [2.05, 4.69) is 24.5 Å². The first-order valence-electron chi connectivity index (χ1n) is 14.8. The number of pyridine rings is 1. The van der Waals surface area contributed by atoms with Gasteiger partial charge in [0.1, 0.15) is 5.76 Å². The number of esters is 1. The van der Waals surface area contributed by atoms with Crippen LogP contribution in [-0.4, -0.2) is 29.4 Å². The van der Waals surface area contributed by atoms with Crippen molar-refractivity contribution in [2.75, 3.05) is 6.61 Å². The van der Waals surface area contributed by atoms with E-state index in [9.17, 15) is 14.4 Å². The molecular weight excluding hydrogens is 518 g/mol. The number of aromatic nitrogens is 1. The van der Waals surface area contributed by atoms with Crippen LogP contribution in [0.1, 0.15) is 114 Å². The molecule has 3 heterocycles. The van der Waals surface area contributed by atoms with Crippen molar-refractivity contribution in [3.05, 3.63) is 76.5 Å². The Hall–Kier alpha value is -3.94. The number of nitrogens with one attached hydrogen (secondary N) is 2. The molecule has 1 aliphatic carbocycles. The molecule has 0 saturated heterocycles. The normalized spacial score (nSPS) is 16.9. The van der Waals surface area contributed by atoms with Crippen LogP contribution in [-0.2, 0) is 17.7 Å². The molecule has 2 aliphatic rings. The third kappa shape index (κ3) is 6.21. The molecule has 0 bridgehead atoms. The molecule has 2 aromatic heterocycles. The number of amides is 2. The van der Waals surface area contributed by atoms with Crippen LogP contribution in [0.5, 0.6) is 0 Å². The summed E-state index contributed by atoms with van der Waals surface area (Å²) in [6, 6.07) is 10.3. The Morgan fingerprint density at radius 2 is 1.85 bits per heavy atom. The van der Waals surface area contributed by atoms with Crippen LogP contribution in [0.3, 0.4) is 0 Å². The number of hydrogen-bond acceptors (Lipinski definition) is 6. The van der Waals surface area contributed by atoms with Crippen molar-refractivity contribution in [1.82, 2.24) is 15.6 Å². The largest absolute Gasteiger partial charge is 0.467 e. The first kappa shape index (κ1) is 28.6. The number of furan rings is 1. The maximum absolute atomic E-state index is 13.5. The Kier molecular flexibility index (Phi) is 8.86. The highest BCUT2D eigenvalue weighted by molar-refractivity contribution is 6.11. The third-order valence-corrected chi connectivity index (χ3v) is 8.21. The minimum atomic E-state index is -0.475. The maximum atomic E-state index is 13.5. The molecule has 8 nitrogen and oxygen atoms in total. The first-order chi connectivity index (χ1) is 19.9. The second kappa shape index (κ2) is 12.7. The van der Waals surface area contributed by atoms with Crippen LogP contribution in [0, 0.1) is 11.8 Å². The van der Waals surface area contributed by atoms with Gasteiger partial charge >= 0.3 is 5.97 Å². The van der Waals surface area contributed by atoms with Crippen molar-refractivity contribution >= 4 is 17.8 Å². The molecular formula is C33H39N3O5. The quantitative estimate of drug-likeness (QED) is 0.279. The maximum Gasteiger partial charge on any atom is 0.340 e. The predicted molar refractivity (Wildman–Crippen MR) is 155 cm³/mol. The Morgan fingerprint density at radius 3 is 2.51 bits per heavy atom. The molecule has 1 fully saturated rings. The van der Waals surface area contributed by atoms with Gasteiger partial charge in [-0.3, -0.25) is 14.6 Å². The van der Waals surface area contributed by atoms with Crippen LogP contribution >= 0.6 is 0 Å². The van der Waals surface area contributed by atoms with E-state index in [1.807, 2.05) is 0 Å². The minimum Gasteiger partial charge on any atom is -0.467 e. The van der Waals surface area contributed by atoms with Gasteiger partial charge in [0.2, 0.25) is 0 Å². The third-order valence-electron chi connectivity index (χ3n) is 8.21. The zero-order valence-electron chi connectivity index (χ0n) is 24.1. The standard InChI is InChI=1S/C33H39N3O5/c1-4-40-33(39)27-25(17-12-21-9-6-5-7-10-21)35-30-28(32(38)36-29(30)20(2)3)26(27)22-13-15-23(16-14-22)31(37)34-19-24-11-8-18-41-24/h8,11,13-16,18,20-21,29H,4-7,9-10,12,17,19H2,1-3H3,(H,34,37)(H,36,38). The van der Waals surface area contributed by atoms with Gasteiger partial charge in [0.25, 0.3) is 11.8 Å². The number of benzene rings is 1. The lowest BCUT2D eigenvalue weighted by Gasteiger charge is -2.23. The van der Waals surface area contributed by atoms with E-state index in [-0.39, 0.29) is 36.9 Å². The molecule has 0 spiro atoms. The predicted octanol–water partition coefficient (Wildman–Crippen LogP) is 6.40. The monoisotopic (exact) mass is 557 g/mol. The topological polar surface area (TPSA) is 111 Å². The van der Waals surface area contributed by atoms with Gasteiger partial charge in [-0.2, -0.15) is 0 Å². The van der Waals surface area contributed by atoms with Crippen molar-refractivity contribution in [2.45, 2.75) is 78.3 Å². The number of rotatable bonds is 10. The molecule has 0 radical (unpaired) electrons. The summed E-state index contributed by atoms with van der Waals surface area (Å²) in [4.78, 5) is 44.8. The molecule has 1 aliphatic heterocycles. The zero-order chi connectivity index (χ0) is 28.9. The van der Waals surface area contributed by atoms with E-state index in [0.29, 0.717) is 57.3 Å². The highest BCUT2D eigenvalue weighted by atomic mass is 16.5. The van der Waals surface area contributed by atoms with Gasteiger partial charge in [-0.15, -0.1) is 0 Å². The number of nitrogens with zero attached hydrogens (tertiary/aromatic N) is 1. The lowest BCUT2D eigenvalue weighted by atomic mass is 9.84. The smallest absolute Gasteiger partial charge is 0.340 e. The van der Waals surface area contributed by atoms with E-state index in [0.717, 1.165) is 6.42 Å². The molecule has 5 rings (SSSR count). The fourth-order valence-electron chi connectivity index (χ4n) is 6.05. The van der Waals surface area contributed by atoms with E-state index >= 15 is 0 Å². The van der Waals surface area contributed by atoms with E-state index in [1.54, 1.807) is 49.6 Å². The number of carbonyl (C=O) groups excluding carboxylic acids is 3. The summed E-state index contributed by atoms with van der Waals surface area (Å²) < 4.78 is 10.8. The Labute approximate surface area is 241 Å². The lowest BCUT2D eigenvalue weighted by Crippen LogP contribution is -2.23. The summed E-state index contributed by atoms with van der Waals surface area (Å²) in [5.74, 6) is 0.429. The fraction of sp³-hybridized carbons (Fsp3) is 0.455. The number of fused-ring (bicyclic) bond motifs is 1. The first-order valence-corrected chi connectivity index (χ1v) is 14.8. The van der Waals surface area contributed by atoms with Crippen LogP contribution in [0.25, 0.3) is 11.1 Å². The minimum absolute atomic E-state index is 0.125. The number of ether oxygens (including phenoxy) is 1. The van der Waals surface area contributed by atoms with Crippen LogP contribution in [0.4, 0.5) is 0 Å². The molecule has 8 heteroatoms. The van der Waals surface area contributed by atoms with Crippen LogP contribution in [0.2, 0.25) is 0 Å². The van der Waals surface area contributed by atoms with Crippen LogP contribution < -0.4 is 10.6 Å². The SMILES string of the molecule is CCOC(=O)c1c(CCC2CCCCC2)nc2c(c1-c1ccc(C(=O)NCc3ccco3)cc1)C(=O)NC2C(C)C. The van der Waals surface area contributed by atoms with Gasteiger partial charge in [0.05, 0.1) is 48.0 Å². The molecule has 1 unspecified atom stereocenters. The molecule has 41 heavy (non-hydrogen) atoms. The summed E-state index contributed by atoms with van der Waals surface area (Å²) in [7, 11) is 0. The van der Waals surface area contributed by atoms with Gasteiger partial charge in [-0.25, -0.2) is 4.79 Å². The van der Waals surface area contributed by atoms with Crippen molar-refractivity contribution in [3.63, 3.8) is 0 Å². The summed E-state index contributed by atoms with van der Waals surface area (Å²) in [6.45, 7) is 6.38. The van der Waals surface area contributed by atoms with Gasteiger partial charge in [-0.1, -0.05) is 58.1 Å². The van der Waals surface area contributed by atoms with E-state index in [4.69, 9.17) is 14.1 Å². The van der Waals surface area contributed by atoms with Crippen molar-refractivity contribution in [3.8, 4) is 11.1 Å². The second-order valence-electron chi connectivity index (χ2n) is 11.4. The molecule has 1 aromatic carbocycles. The summed E-state index contributed by atoms with van der Waals surface area (Å²) >= 11 is 0. The second-order valence-corrected chi connectivity index (χ2v) is 11.4. The van der Waals surface area contributed by atoms with Crippen molar-refractivity contribution in [1.29, 1.82) is 0 Å². The van der Waals surface area contributed by atoms with Gasteiger partial charge in [0, 0.05) is 11.1 Å². The van der Waals surface area contributed by atoms with Gasteiger partial charge in [-0.05, 0) is 61.4 Å². The molecule has 2 amide bonds. The molecule has 1 atom stereocenters. The molecule has 1 saturated carbocycles. The highest BCUT2D eigenvalue weighted by Crippen LogP contribution is 2.40. The van der Waals surface area contributed by atoms with Crippen molar-refractivity contribution < 1.29 is 23.5 Å².